The highest BCUT2D eigenvalue weighted by Crippen LogP contribution is 2.05. The number of rotatable bonds is 7. The average molecular weight is 277 g/mol. The van der Waals surface area contributed by atoms with E-state index in [1.807, 2.05) is 12.1 Å². The molecule has 1 atom stereocenters. The first-order chi connectivity index (χ1) is 9.58. The van der Waals surface area contributed by atoms with Gasteiger partial charge in [-0.25, -0.2) is 0 Å². The maximum Gasteiger partial charge on any atom is 0.251 e. The Balaban J connectivity index is 2.45. The Bertz CT molecular complexity index is 443. The van der Waals surface area contributed by atoms with Crippen molar-refractivity contribution >= 4 is 11.8 Å². The molecule has 0 aromatic heterocycles. The maximum atomic E-state index is 11.7. The van der Waals surface area contributed by atoms with Crippen molar-refractivity contribution in [3.05, 3.63) is 35.4 Å². The van der Waals surface area contributed by atoms with Crippen molar-refractivity contribution in [3.8, 4) is 0 Å². The first kappa shape index (κ1) is 16.2. The molecule has 0 aliphatic rings. The van der Waals surface area contributed by atoms with Crippen LogP contribution in [-0.2, 0) is 11.3 Å². The van der Waals surface area contributed by atoms with E-state index in [-0.39, 0.29) is 11.8 Å². The Morgan fingerprint density at radius 1 is 1.25 bits per heavy atom. The van der Waals surface area contributed by atoms with Gasteiger partial charge in [-0.3, -0.25) is 9.59 Å². The Morgan fingerprint density at radius 3 is 2.45 bits per heavy atom. The zero-order valence-electron chi connectivity index (χ0n) is 12.1. The summed E-state index contributed by atoms with van der Waals surface area (Å²) in [7, 11) is 1.59. The summed E-state index contributed by atoms with van der Waals surface area (Å²) in [6.45, 7) is 2.49. The normalized spacial score (nSPS) is 11.8. The smallest absolute Gasteiger partial charge is 0.251 e. The summed E-state index contributed by atoms with van der Waals surface area (Å²) in [4.78, 5) is 23.1. The molecule has 0 bridgehead atoms. The Labute approximate surface area is 119 Å². The van der Waals surface area contributed by atoms with Crippen LogP contribution >= 0.6 is 0 Å². The molecule has 4 N–H and O–H groups in total. The molecule has 20 heavy (non-hydrogen) atoms. The average Bonchev–Trinajstić information content (AvgIpc) is 2.49. The van der Waals surface area contributed by atoms with Gasteiger partial charge in [-0.15, -0.1) is 0 Å². The molecule has 0 fully saturated rings. The van der Waals surface area contributed by atoms with Crippen molar-refractivity contribution < 1.29 is 9.59 Å². The van der Waals surface area contributed by atoms with Crippen molar-refractivity contribution in [1.29, 1.82) is 0 Å². The number of nitrogens with two attached hydrogens (primary N) is 1. The number of benzene rings is 1. The van der Waals surface area contributed by atoms with Crippen LogP contribution in [0.3, 0.4) is 0 Å². The number of unbranched alkanes of at least 4 members (excludes halogenated alkanes) is 1. The zero-order chi connectivity index (χ0) is 15.0. The largest absolute Gasteiger partial charge is 0.355 e. The van der Waals surface area contributed by atoms with Crippen molar-refractivity contribution in [2.24, 2.45) is 5.73 Å². The lowest BCUT2D eigenvalue weighted by Gasteiger charge is -2.12. The summed E-state index contributed by atoms with van der Waals surface area (Å²) in [5.74, 6) is -0.254. The van der Waals surface area contributed by atoms with Crippen LogP contribution in [0.25, 0.3) is 0 Å². The Hall–Kier alpha value is -1.88. The van der Waals surface area contributed by atoms with Crippen LogP contribution in [0.2, 0.25) is 0 Å². The van der Waals surface area contributed by atoms with Gasteiger partial charge in [0.25, 0.3) is 5.91 Å². The van der Waals surface area contributed by atoms with Crippen molar-refractivity contribution in [2.75, 3.05) is 7.05 Å². The number of hydrogen-bond acceptors (Lipinski definition) is 3. The lowest BCUT2D eigenvalue weighted by molar-refractivity contribution is -0.122. The van der Waals surface area contributed by atoms with Gasteiger partial charge in [0.1, 0.15) is 0 Å². The topological polar surface area (TPSA) is 84.2 Å². The lowest BCUT2D eigenvalue weighted by atomic mass is 10.1. The summed E-state index contributed by atoms with van der Waals surface area (Å²) in [5, 5.41) is 5.37. The summed E-state index contributed by atoms with van der Waals surface area (Å²) in [6.07, 6.45) is 2.69. The van der Waals surface area contributed by atoms with E-state index in [4.69, 9.17) is 5.73 Å². The van der Waals surface area contributed by atoms with Crippen molar-refractivity contribution in [2.45, 2.75) is 38.8 Å². The SMILES string of the molecule is CCCCC(N)C(=O)NCc1ccc(C(=O)NC)cc1. The molecule has 5 nitrogen and oxygen atoms in total. The summed E-state index contributed by atoms with van der Waals surface area (Å²) in [5.41, 5.74) is 7.32. The number of nitrogens with one attached hydrogen (secondary N) is 2. The predicted octanol–water partition coefficient (Wildman–Crippen LogP) is 1.18. The molecule has 0 radical (unpaired) electrons. The van der Waals surface area contributed by atoms with E-state index in [0.717, 1.165) is 18.4 Å². The second kappa shape index (κ2) is 8.32. The standard InChI is InChI=1S/C15H23N3O2/c1-3-4-5-13(16)15(20)18-10-11-6-8-12(9-7-11)14(19)17-2/h6-9,13H,3-5,10,16H2,1-2H3,(H,17,19)(H,18,20). The first-order valence-corrected chi connectivity index (χ1v) is 6.92. The first-order valence-electron chi connectivity index (χ1n) is 6.92. The van der Waals surface area contributed by atoms with Gasteiger partial charge in [0, 0.05) is 19.2 Å². The fourth-order valence-corrected chi connectivity index (χ4v) is 1.79. The summed E-state index contributed by atoms with van der Waals surface area (Å²) >= 11 is 0. The van der Waals surface area contributed by atoms with E-state index in [0.29, 0.717) is 18.5 Å². The van der Waals surface area contributed by atoms with Gasteiger partial charge in [0.2, 0.25) is 5.91 Å². The highest BCUT2D eigenvalue weighted by atomic mass is 16.2. The van der Waals surface area contributed by atoms with E-state index in [1.165, 1.54) is 0 Å². The van der Waals surface area contributed by atoms with Crippen LogP contribution in [0.15, 0.2) is 24.3 Å². The third kappa shape index (κ3) is 5.01. The van der Waals surface area contributed by atoms with Crippen LogP contribution in [0.4, 0.5) is 0 Å². The fourth-order valence-electron chi connectivity index (χ4n) is 1.79. The lowest BCUT2D eigenvalue weighted by Crippen LogP contribution is -2.40. The predicted molar refractivity (Wildman–Crippen MR) is 79.2 cm³/mol. The fraction of sp³-hybridized carbons (Fsp3) is 0.467. The molecule has 1 rings (SSSR count). The zero-order valence-corrected chi connectivity index (χ0v) is 12.1. The third-order valence-corrected chi connectivity index (χ3v) is 3.12. The maximum absolute atomic E-state index is 11.7. The monoisotopic (exact) mass is 277 g/mol. The minimum absolute atomic E-state index is 0.123. The molecule has 5 heteroatoms. The van der Waals surface area contributed by atoms with E-state index in [2.05, 4.69) is 17.6 Å². The minimum Gasteiger partial charge on any atom is -0.355 e. The van der Waals surface area contributed by atoms with Gasteiger partial charge in [0.15, 0.2) is 0 Å². The van der Waals surface area contributed by atoms with Crippen LogP contribution in [-0.4, -0.2) is 24.9 Å². The molecule has 1 unspecified atom stereocenters. The Morgan fingerprint density at radius 2 is 1.90 bits per heavy atom. The van der Waals surface area contributed by atoms with Gasteiger partial charge in [-0.2, -0.15) is 0 Å². The van der Waals surface area contributed by atoms with Crippen LogP contribution in [0.5, 0.6) is 0 Å². The van der Waals surface area contributed by atoms with E-state index < -0.39 is 6.04 Å². The third-order valence-electron chi connectivity index (χ3n) is 3.12. The molecule has 0 spiro atoms. The summed E-state index contributed by atoms with van der Waals surface area (Å²) in [6, 6.07) is 6.67. The quantitative estimate of drug-likeness (QED) is 0.699. The Kier molecular flexibility index (Phi) is 6.73. The van der Waals surface area contributed by atoms with Crippen LogP contribution in [0, 0.1) is 0 Å². The molecule has 2 amide bonds. The van der Waals surface area contributed by atoms with Gasteiger partial charge >= 0.3 is 0 Å². The van der Waals surface area contributed by atoms with Gasteiger partial charge in [0.05, 0.1) is 6.04 Å². The molecule has 0 saturated carbocycles. The molecule has 0 heterocycles. The molecule has 0 aliphatic heterocycles. The van der Waals surface area contributed by atoms with E-state index >= 15 is 0 Å². The van der Waals surface area contributed by atoms with Crippen molar-refractivity contribution in [1.82, 2.24) is 10.6 Å². The van der Waals surface area contributed by atoms with Crippen molar-refractivity contribution in [3.63, 3.8) is 0 Å². The molecular formula is C15H23N3O2. The molecular weight excluding hydrogens is 254 g/mol. The highest BCUT2D eigenvalue weighted by Gasteiger charge is 2.12. The number of hydrogen-bond donors (Lipinski definition) is 3. The highest BCUT2D eigenvalue weighted by molar-refractivity contribution is 5.93. The van der Waals surface area contributed by atoms with E-state index in [1.54, 1.807) is 19.2 Å². The number of carbonyl (C=O) groups excluding carboxylic acids is 2. The second-order valence-electron chi connectivity index (χ2n) is 4.74. The van der Waals surface area contributed by atoms with Crippen LogP contribution < -0.4 is 16.4 Å². The molecule has 1 aromatic carbocycles. The van der Waals surface area contributed by atoms with E-state index in [9.17, 15) is 9.59 Å². The molecule has 1 aromatic rings. The van der Waals surface area contributed by atoms with Gasteiger partial charge in [-0.05, 0) is 24.1 Å². The number of amides is 2. The number of carbonyl (C=O) groups is 2. The van der Waals surface area contributed by atoms with Gasteiger partial charge < -0.3 is 16.4 Å². The van der Waals surface area contributed by atoms with Gasteiger partial charge in [-0.1, -0.05) is 31.9 Å². The molecule has 0 saturated heterocycles. The van der Waals surface area contributed by atoms with Crippen LogP contribution in [0.1, 0.15) is 42.1 Å². The molecule has 0 aliphatic carbocycles. The second-order valence-corrected chi connectivity index (χ2v) is 4.74. The summed E-state index contributed by atoms with van der Waals surface area (Å²) < 4.78 is 0. The molecule has 110 valence electrons. The minimum atomic E-state index is -0.444.